The molecule has 2 aromatic carbocycles. The Morgan fingerprint density at radius 1 is 1.15 bits per heavy atom. The number of fused-ring (bicyclic) bond motifs is 1. The zero-order valence-corrected chi connectivity index (χ0v) is 19.2. The SMILES string of the molecule is C/C=C\C=C(/C)c1cc(C(=O)Nc2ccc3[nH]nc(C(=O)OCC)c3c2)nn1-c1ccccc1. The molecular weight excluding hydrogens is 430 g/mol. The average molecular weight is 456 g/mol. The number of aromatic amines is 1. The normalized spacial score (nSPS) is 11.8. The van der Waals surface area contributed by atoms with Crippen LogP contribution in [-0.4, -0.2) is 38.5 Å². The topological polar surface area (TPSA) is 102 Å². The number of aromatic nitrogens is 4. The van der Waals surface area contributed by atoms with Crippen LogP contribution < -0.4 is 5.32 Å². The van der Waals surface area contributed by atoms with Crippen LogP contribution in [0.5, 0.6) is 0 Å². The number of rotatable bonds is 7. The molecule has 2 aromatic heterocycles. The third-order valence-corrected chi connectivity index (χ3v) is 5.17. The first-order valence-corrected chi connectivity index (χ1v) is 10.9. The van der Waals surface area contributed by atoms with Crippen LogP contribution in [0, 0.1) is 0 Å². The Balaban J connectivity index is 1.67. The Hall–Kier alpha value is -4.46. The summed E-state index contributed by atoms with van der Waals surface area (Å²) >= 11 is 0. The molecule has 1 amide bonds. The summed E-state index contributed by atoms with van der Waals surface area (Å²) in [5.41, 5.74) is 4.25. The van der Waals surface area contributed by atoms with Crippen molar-refractivity contribution in [1.29, 1.82) is 0 Å². The van der Waals surface area contributed by atoms with Crippen LogP contribution in [0.1, 0.15) is 47.4 Å². The molecule has 0 radical (unpaired) electrons. The van der Waals surface area contributed by atoms with E-state index in [9.17, 15) is 9.59 Å². The molecular formula is C26H25N5O3. The number of nitrogens with zero attached hydrogens (tertiary/aromatic N) is 3. The molecule has 2 N–H and O–H groups in total. The third-order valence-electron chi connectivity index (χ3n) is 5.17. The number of hydrogen-bond acceptors (Lipinski definition) is 5. The summed E-state index contributed by atoms with van der Waals surface area (Å²) in [7, 11) is 0. The minimum atomic E-state index is -0.521. The zero-order chi connectivity index (χ0) is 24.1. The number of para-hydroxylation sites is 1. The van der Waals surface area contributed by atoms with Crippen LogP contribution in [0.25, 0.3) is 22.2 Å². The monoisotopic (exact) mass is 455 g/mol. The van der Waals surface area contributed by atoms with Gasteiger partial charge >= 0.3 is 5.97 Å². The Morgan fingerprint density at radius 3 is 2.68 bits per heavy atom. The molecule has 0 fully saturated rings. The van der Waals surface area contributed by atoms with Gasteiger partial charge in [-0.25, -0.2) is 9.48 Å². The van der Waals surface area contributed by atoms with Crippen LogP contribution in [0.3, 0.4) is 0 Å². The molecule has 4 rings (SSSR count). The number of amides is 1. The maximum Gasteiger partial charge on any atom is 0.359 e. The summed E-state index contributed by atoms with van der Waals surface area (Å²) in [6.07, 6.45) is 5.86. The smallest absolute Gasteiger partial charge is 0.359 e. The number of hydrogen-bond donors (Lipinski definition) is 2. The van der Waals surface area contributed by atoms with E-state index < -0.39 is 5.97 Å². The summed E-state index contributed by atoms with van der Waals surface area (Å²) in [5, 5.41) is 14.9. The van der Waals surface area contributed by atoms with E-state index in [2.05, 4.69) is 20.6 Å². The van der Waals surface area contributed by atoms with Crippen molar-refractivity contribution in [3.05, 3.63) is 89.9 Å². The maximum absolute atomic E-state index is 13.1. The lowest BCUT2D eigenvalue weighted by molar-refractivity contribution is 0.0521. The fourth-order valence-corrected chi connectivity index (χ4v) is 3.51. The van der Waals surface area contributed by atoms with Crippen LogP contribution >= 0.6 is 0 Å². The van der Waals surface area contributed by atoms with Gasteiger partial charge in [0.2, 0.25) is 0 Å². The summed E-state index contributed by atoms with van der Waals surface area (Å²) in [6, 6.07) is 16.6. The fraction of sp³-hybridized carbons (Fsp3) is 0.154. The number of carbonyl (C=O) groups excluding carboxylic acids is 2. The van der Waals surface area contributed by atoms with E-state index in [0.29, 0.717) is 16.6 Å². The average Bonchev–Trinajstić information content (AvgIpc) is 3.48. The van der Waals surface area contributed by atoms with Crippen molar-refractivity contribution < 1.29 is 14.3 Å². The number of carbonyl (C=O) groups is 2. The highest BCUT2D eigenvalue weighted by Crippen LogP contribution is 2.24. The van der Waals surface area contributed by atoms with Gasteiger partial charge < -0.3 is 10.1 Å². The Bertz CT molecular complexity index is 1400. The van der Waals surface area contributed by atoms with Gasteiger partial charge in [0.05, 0.1) is 23.5 Å². The molecule has 34 heavy (non-hydrogen) atoms. The number of ether oxygens (including phenoxy) is 1. The van der Waals surface area contributed by atoms with Gasteiger partial charge in [-0.05, 0) is 62.7 Å². The predicted molar refractivity (Wildman–Crippen MR) is 132 cm³/mol. The number of nitrogens with one attached hydrogen (secondary N) is 2. The van der Waals surface area contributed by atoms with Crippen molar-refractivity contribution in [2.75, 3.05) is 11.9 Å². The van der Waals surface area contributed by atoms with Gasteiger partial charge in [0, 0.05) is 11.1 Å². The van der Waals surface area contributed by atoms with E-state index in [0.717, 1.165) is 17.0 Å². The van der Waals surface area contributed by atoms with E-state index >= 15 is 0 Å². The van der Waals surface area contributed by atoms with Gasteiger partial charge in [0.15, 0.2) is 11.4 Å². The molecule has 0 saturated heterocycles. The van der Waals surface area contributed by atoms with Crippen molar-refractivity contribution >= 4 is 34.0 Å². The molecule has 0 aliphatic carbocycles. The molecule has 0 aliphatic rings. The standard InChI is InChI=1S/C26H25N5O3/c1-4-6-10-17(3)23-16-22(30-31(23)19-11-8-7-9-12-19)25(32)27-18-13-14-21-20(15-18)24(29-28-21)26(33)34-5-2/h4,6-16H,5H2,1-3H3,(H,27,32)(H,28,29)/b6-4-,17-10+. The van der Waals surface area contributed by atoms with E-state index in [-0.39, 0.29) is 23.9 Å². The van der Waals surface area contributed by atoms with E-state index in [1.165, 1.54) is 0 Å². The van der Waals surface area contributed by atoms with Crippen molar-refractivity contribution in [3.63, 3.8) is 0 Å². The molecule has 8 heteroatoms. The van der Waals surface area contributed by atoms with E-state index in [1.807, 2.05) is 62.4 Å². The Labute approximate surface area is 196 Å². The zero-order valence-electron chi connectivity index (χ0n) is 19.2. The number of benzene rings is 2. The van der Waals surface area contributed by atoms with E-state index in [4.69, 9.17) is 4.74 Å². The quantitative estimate of drug-likeness (QED) is 0.296. The fourth-order valence-electron chi connectivity index (χ4n) is 3.51. The van der Waals surface area contributed by atoms with Gasteiger partial charge in [-0.3, -0.25) is 9.89 Å². The molecule has 172 valence electrons. The molecule has 0 bridgehead atoms. The summed E-state index contributed by atoms with van der Waals surface area (Å²) in [5.74, 6) is -0.887. The minimum Gasteiger partial charge on any atom is -0.461 e. The summed E-state index contributed by atoms with van der Waals surface area (Å²) < 4.78 is 6.81. The summed E-state index contributed by atoms with van der Waals surface area (Å²) in [6.45, 7) is 5.90. The molecule has 0 aliphatic heterocycles. The van der Waals surface area contributed by atoms with Crippen LogP contribution in [0.4, 0.5) is 5.69 Å². The lowest BCUT2D eigenvalue weighted by Crippen LogP contribution is -2.13. The first-order valence-electron chi connectivity index (χ1n) is 10.9. The molecule has 0 unspecified atom stereocenters. The van der Waals surface area contributed by atoms with Crippen LogP contribution in [0.15, 0.2) is 72.8 Å². The number of allylic oxidation sites excluding steroid dienone is 4. The third kappa shape index (κ3) is 4.66. The molecule has 0 saturated carbocycles. The van der Waals surface area contributed by atoms with Gasteiger partial charge in [-0.15, -0.1) is 0 Å². The Morgan fingerprint density at radius 2 is 1.94 bits per heavy atom. The molecule has 4 aromatic rings. The maximum atomic E-state index is 13.1. The molecule has 2 heterocycles. The largest absolute Gasteiger partial charge is 0.461 e. The first-order chi connectivity index (χ1) is 16.5. The second-order valence-corrected chi connectivity index (χ2v) is 7.54. The van der Waals surface area contributed by atoms with Gasteiger partial charge in [0.1, 0.15) is 0 Å². The highest BCUT2D eigenvalue weighted by Gasteiger charge is 2.19. The van der Waals surface area contributed by atoms with Crippen molar-refractivity contribution in [3.8, 4) is 5.69 Å². The number of H-pyrrole nitrogens is 1. The lowest BCUT2D eigenvalue weighted by atomic mass is 10.1. The predicted octanol–water partition coefficient (Wildman–Crippen LogP) is 5.16. The van der Waals surface area contributed by atoms with E-state index in [1.54, 1.807) is 35.9 Å². The highest BCUT2D eigenvalue weighted by molar-refractivity contribution is 6.06. The van der Waals surface area contributed by atoms with Crippen molar-refractivity contribution in [1.82, 2.24) is 20.0 Å². The Kier molecular flexibility index (Phi) is 6.68. The number of anilines is 1. The number of esters is 1. The highest BCUT2D eigenvalue weighted by atomic mass is 16.5. The molecule has 0 atom stereocenters. The minimum absolute atomic E-state index is 0.174. The van der Waals surface area contributed by atoms with Gasteiger partial charge in [0.25, 0.3) is 5.91 Å². The second kappa shape index (κ2) is 9.99. The summed E-state index contributed by atoms with van der Waals surface area (Å²) in [4.78, 5) is 25.3. The van der Waals surface area contributed by atoms with Crippen molar-refractivity contribution in [2.45, 2.75) is 20.8 Å². The second-order valence-electron chi connectivity index (χ2n) is 7.54. The lowest BCUT2D eigenvalue weighted by Gasteiger charge is -2.07. The molecule has 0 spiro atoms. The first kappa shape index (κ1) is 22.7. The van der Waals surface area contributed by atoms with Gasteiger partial charge in [-0.1, -0.05) is 36.4 Å². The van der Waals surface area contributed by atoms with Gasteiger partial charge in [-0.2, -0.15) is 10.2 Å². The molecule has 8 nitrogen and oxygen atoms in total. The van der Waals surface area contributed by atoms with Crippen molar-refractivity contribution in [2.24, 2.45) is 0 Å². The van der Waals surface area contributed by atoms with Crippen LogP contribution in [-0.2, 0) is 4.74 Å². The van der Waals surface area contributed by atoms with Crippen LogP contribution in [0.2, 0.25) is 0 Å².